The fourth-order valence-electron chi connectivity index (χ4n) is 2.76. The number of nitrogens with zero attached hydrogens (tertiary/aromatic N) is 3. The van der Waals surface area contributed by atoms with Crippen LogP contribution in [0.15, 0.2) is 30.4 Å². The van der Waals surface area contributed by atoms with E-state index >= 15 is 0 Å². The number of aryl methyl sites for hydroxylation is 1. The number of anilines is 1. The summed E-state index contributed by atoms with van der Waals surface area (Å²) in [6, 6.07) is 3.36. The molecule has 4 nitrogen and oxygen atoms in total. The minimum atomic E-state index is -4.36. The summed E-state index contributed by atoms with van der Waals surface area (Å²) in [6.45, 7) is 3.36. The van der Waals surface area contributed by atoms with Crippen molar-refractivity contribution in [2.75, 3.05) is 5.32 Å². The Morgan fingerprint density at radius 3 is 2.59 bits per heavy atom. The van der Waals surface area contributed by atoms with E-state index in [0.29, 0.717) is 17.0 Å². The first kappa shape index (κ1) is 19.3. The van der Waals surface area contributed by atoms with Gasteiger partial charge in [-0.05, 0) is 44.9 Å². The Morgan fingerprint density at radius 1 is 1.22 bits per heavy atom. The zero-order valence-corrected chi connectivity index (χ0v) is 15.0. The molecule has 3 rings (SSSR count). The van der Waals surface area contributed by atoms with Crippen LogP contribution >= 0.6 is 0 Å². The molecule has 1 aliphatic carbocycles. The Morgan fingerprint density at radius 2 is 1.96 bits per heavy atom. The van der Waals surface area contributed by atoms with E-state index in [2.05, 4.69) is 20.3 Å². The molecule has 2 heterocycles. The third kappa shape index (κ3) is 4.26. The molecule has 0 aliphatic heterocycles. The predicted octanol–water partition coefficient (Wildman–Crippen LogP) is 5.16. The number of pyridine rings is 1. The molecule has 1 unspecified atom stereocenters. The van der Waals surface area contributed by atoms with E-state index in [1.807, 2.05) is 0 Å². The van der Waals surface area contributed by atoms with Gasteiger partial charge in [0.2, 0.25) is 0 Å². The van der Waals surface area contributed by atoms with Gasteiger partial charge in [0.1, 0.15) is 23.1 Å². The van der Waals surface area contributed by atoms with Gasteiger partial charge in [-0.3, -0.25) is 0 Å². The fourth-order valence-corrected chi connectivity index (χ4v) is 2.76. The molecule has 2 aromatic heterocycles. The summed E-state index contributed by atoms with van der Waals surface area (Å²) in [5.41, 5.74) is -0.717. The van der Waals surface area contributed by atoms with Crippen molar-refractivity contribution in [3.05, 3.63) is 41.9 Å². The van der Waals surface area contributed by atoms with Crippen molar-refractivity contribution in [2.45, 2.75) is 51.0 Å². The second-order valence-corrected chi connectivity index (χ2v) is 6.61. The first-order valence-electron chi connectivity index (χ1n) is 8.68. The van der Waals surface area contributed by atoms with Gasteiger partial charge in [0.05, 0.1) is 11.2 Å². The monoisotopic (exact) mass is 380 g/mol. The van der Waals surface area contributed by atoms with Gasteiger partial charge in [0.25, 0.3) is 0 Å². The van der Waals surface area contributed by atoms with E-state index in [1.165, 1.54) is 6.08 Å². The molecule has 0 aromatic carbocycles. The van der Waals surface area contributed by atoms with Crippen LogP contribution in [0.5, 0.6) is 0 Å². The van der Waals surface area contributed by atoms with Crippen LogP contribution < -0.4 is 5.32 Å². The largest absolute Gasteiger partial charge is 0.411 e. The van der Waals surface area contributed by atoms with E-state index in [-0.39, 0.29) is 30.6 Å². The third-order valence-electron chi connectivity index (χ3n) is 4.38. The van der Waals surface area contributed by atoms with E-state index in [4.69, 9.17) is 0 Å². The molecule has 2 aromatic rings. The summed E-state index contributed by atoms with van der Waals surface area (Å²) in [5, 5.41) is 2.54. The third-order valence-corrected chi connectivity index (χ3v) is 4.38. The number of hydrogen-bond donors (Lipinski definition) is 1. The molecule has 1 atom stereocenters. The van der Waals surface area contributed by atoms with Gasteiger partial charge in [-0.25, -0.2) is 19.3 Å². The predicted molar refractivity (Wildman–Crippen MR) is 97.1 cm³/mol. The minimum Gasteiger partial charge on any atom is -0.354 e. The van der Waals surface area contributed by atoms with Crippen LogP contribution in [0.1, 0.15) is 37.7 Å². The number of nitrogens with one attached hydrogen (secondary N) is 1. The first-order valence-corrected chi connectivity index (χ1v) is 8.68. The summed E-state index contributed by atoms with van der Waals surface area (Å²) >= 11 is 0. The first-order chi connectivity index (χ1) is 12.7. The highest BCUT2D eigenvalue weighted by Crippen LogP contribution is 2.51. The molecule has 27 heavy (non-hydrogen) atoms. The number of alkyl halides is 4. The summed E-state index contributed by atoms with van der Waals surface area (Å²) < 4.78 is 53.3. The normalized spacial score (nSPS) is 17.7. The zero-order valence-electron chi connectivity index (χ0n) is 15.0. The lowest BCUT2D eigenvalue weighted by Gasteiger charge is -2.22. The molecule has 1 N–H and O–H groups in total. The highest BCUT2D eigenvalue weighted by molar-refractivity contribution is 5.86. The molecule has 0 amide bonds. The Bertz CT molecular complexity index is 885. The van der Waals surface area contributed by atoms with E-state index < -0.39 is 17.9 Å². The highest BCUT2D eigenvalue weighted by atomic mass is 19.4. The maximum absolute atomic E-state index is 13.5. The van der Waals surface area contributed by atoms with Gasteiger partial charge in [-0.15, -0.1) is 0 Å². The number of aromatic nitrogens is 3. The van der Waals surface area contributed by atoms with E-state index in [1.54, 1.807) is 44.2 Å². The molecule has 8 heteroatoms. The van der Waals surface area contributed by atoms with Crippen molar-refractivity contribution in [3.8, 4) is 0 Å². The van der Waals surface area contributed by atoms with Crippen LogP contribution in [0.25, 0.3) is 17.1 Å². The Labute approximate surface area is 154 Å². The second-order valence-electron chi connectivity index (χ2n) is 6.61. The molecular formula is C19H20F4N4. The van der Waals surface area contributed by atoms with Crippen molar-refractivity contribution < 1.29 is 17.6 Å². The highest BCUT2D eigenvalue weighted by Gasteiger charge is 2.63. The van der Waals surface area contributed by atoms with Gasteiger partial charge in [-0.2, -0.15) is 13.2 Å². The minimum absolute atomic E-state index is 0.00344. The summed E-state index contributed by atoms with van der Waals surface area (Å²) in [4.78, 5) is 12.7. The summed E-state index contributed by atoms with van der Waals surface area (Å²) in [7, 11) is 0. The van der Waals surface area contributed by atoms with Gasteiger partial charge in [0.15, 0.2) is 5.82 Å². The van der Waals surface area contributed by atoms with Crippen molar-refractivity contribution in [2.24, 2.45) is 0 Å². The van der Waals surface area contributed by atoms with Crippen molar-refractivity contribution in [3.63, 3.8) is 0 Å². The van der Waals surface area contributed by atoms with Gasteiger partial charge >= 0.3 is 6.18 Å². The van der Waals surface area contributed by atoms with Gasteiger partial charge in [0, 0.05) is 6.42 Å². The lowest BCUT2D eigenvalue weighted by molar-refractivity contribution is -0.151. The number of hydrogen-bond acceptors (Lipinski definition) is 4. The van der Waals surface area contributed by atoms with Crippen LogP contribution in [-0.4, -0.2) is 32.8 Å². The maximum atomic E-state index is 13.5. The zero-order chi connectivity index (χ0) is 19.7. The lowest BCUT2D eigenvalue weighted by atomic mass is 10.2. The number of rotatable bonds is 6. The van der Waals surface area contributed by atoms with Crippen LogP contribution in [0, 0.1) is 6.92 Å². The topological polar surface area (TPSA) is 50.7 Å². The van der Waals surface area contributed by atoms with Crippen LogP contribution in [0.3, 0.4) is 0 Å². The second kappa shape index (κ2) is 7.25. The van der Waals surface area contributed by atoms with Gasteiger partial charge in [-0.1, -0.05) is 18.2 Å². The number of halogens is 4. The van der Waals surface area contributed by atoms with E-state index in [0.717, 1.165) is 0 Å². The molecule has 0 saturated heterocycles. The SMILES string of the molecule is C/C=C\C(F)C/C=C/c1ccc2nc(C)nc(NC3(C(F)(F)F)CC3)c2n1. The van der Waals surface area contributed by atoms with Crippen molar-refractivity contribution in [1.82, 2.24) is 15.0 Å². The molecule has 0 spiro atoms. The number of fused-ring (bicyclic) bond motifs is 1. The average Bonchev–Trinajstić information content (AvgIpc) is 3.36. The van der Waals surface area contributed by atoms with Crippen LogP contribution in [-0.2, 0) is 0 Å². The van der Waals surface area contributed by atoms with Gasteiger partial charge < -0.3 is 5.32 Å². The smallest absolute Gasteiger partial charge is 0.354 e. The molecule has 1 saturated carbocycles. The van der Waals surface area contributed by atoms with Crippen LogP contribution in [0.2, 0.25) is 0 Å². The molecule has 144 valence electrons. The Balaban J connectivity index is 1.91. The fraction of sp³-hybridized carbons (Fsp3) is 0.421. The summed E-state index contributed by atoms with van der Waals surface area (Å²) in [6.07, 6.45) is 1.11. The van der Waals surface area contributed by atoms with Crippen molar-refractivity contribution >= 4 is 22.9 Å². The molecule has 0 radical (unpaired) electrons. The lowest BCUT2D eigenvalue weighted by Crippen LogP contribution is -2.39. The molecule has 1 aliphatic rings. The quantitative estimate of drug-likeness (QED) is 0.556. The van der Waals surface area contributed by atoms with Crippen LogP contribution in [0.4, 0.5) is 23.4 Å². The standard InChI is InChI=1S/C19H20F4N4/c1-3-5-13(20)6-4-7-14-8-9-15-16(26-14)17(25-12(2)24-15)27-18(10-11-18)19(21,22)23/h3-5,7-9,13H,6,10-11H2,1-2H3,(H,24,25,27)/b5-3-,7-4+. The Hall–Kier alpha value is -2.51. The Kier molecular flexibility index (Phi) is 5.17. The molecular weight excluding hydrogens is 360 g/mol. The maximum Gasteiger partial charge on any atom is 0.411 e. The average molecular weight is 380 g/mol. The molecule has 1 fully saturated rings. The van der Waals surface area contributed by atoms with E-state index in [9.17, 15) is 17.6 Å². The molecule has 0 bridgehead atoms. The van der Waals surface area contributed by atoms with Crippen molar-refractivity contribution in [1.29, 1.82) is 0 Å². The number of allylic oxidation sites excluding steroid dienone is 3. The summed E-state index contributed by atoms with van der Waals surface area (Å²) in [5.74, 6) is 0.430.